The molecule has 1 N–H and O–H groups in total. The molecule has 166 valence electrons. The summed E-state index contributed by atoms with van der Waals surface area (Å²) in [5.74, 6) is -3.34. The average molecular weight is 506 g/mol. The van der Waals surface area contributed by atoms with Crippen LogP contribution in [0.1, 0.15) is 43.9 Å². The molecule has 0 saturated heterocycles. The molecule has 0 saturated carbocycles. The molecule has 0 bridgehead atoms. The van der Waals surface area contributed by atoms with E-state index in [1.165, 1.54) is 0 Å². The Labute approximate surface area is 199 Å². The van der Waals surface area contributed by atoms with E-state index in [-0.39, 0.29) is 25.2 Å². The summed E-state index contributed by atoms with van der Waals surface area (Å²) >= 11 is 3.39. The highest BCUT2D eigenvalue weighted by molar-refractivity contribution is 9.10. The van der Waals surface area contributed by atoms with Gasteiger partial charge in [-0.2, -0.15) is 0 Å². The predicted molar refractivity (Wildman–Crippen MR) is 126 cm³/mol. The number of rotatable bonds is 8. The van der Waals surface area contributed by atoms with Gasteiger partial charge in [0.05, 0.1) is 17.0 Å². The molecule has 1 aliphatic heterocycles. The minimum absolute atomic E-state index is 0.00695. The normalized spacial score (nSPS) is 13.7. The lowest BCUT2D eigenvalue weighted by molar-refractivity contribution is -0.142. The monoisotopic (exact) mass is 505 g/mol. The molecule has 3 aromatic rings. The van der Waals surface area contributed by atoms with Crippen LogP contribution in [-0.2, 0) is 4.79 Å². The molecule has 0 aliphatic carbocycles. The summed E-state index contributed by atoms with van der Waals surface area (Å²) in [6.45, 7) is -0.0645. The van der Waals surface area contributed by atoms with E-state index in [1.807, 2.05) is 36.4 Å². The molecule has 1 atom stereocenters. The zero-order valence-electron chi connectivity index (χ0n) is 17.5. The maximum atomic E-state index is 13.1. The number of Topliss-reactive ketones (excluding diaryl/α,β-unsaturated/α-hetero) is 1. The molecule has 0 fully saturated rings. The Hall–Kier alpha value is -3.58. The van der Waals surface area contributed by atoms with Gasteiger partial charge in [-0.3, -0.25) is 24.1 Å². The highest BCUT2D eigenvalue weighted by Crippen LogP contribution is 2.28. The van der Waals surface area contributed by atoms with E-state index in [0.717, 1.165) is 20.5 Å². The minimum Gasteiger partial charge on any atom is -0.481 e. The molecular weight excluding hydrogens is 486 g/mol. The number of nitrogens with zero attached hydrogens (tertiary/aromatic N) is 1. The van der Waals surface area contributed by atoms with E-state index in [4.69, 9.17) is 0 Å². The second kappa shape index (κ2) is 9.50. The van der Waals surface area contributed by atoms with Gasteiger partial charge in [0.2, 0.25) is 0 Å². The van der Waals surface area contributed by atoms with Gasteiger partial charge in [0.15, 0.2) is 5.78 Å². The van der Waals surface area contributed by atoms with Gasteiger partial charge in [-0.1, -0.05) is 64.5 Å². The number of carbonyl (C=O) groups excluding carboxylic acids is 3. The van der Waals surface area contributed by atoms with Gasteiger partial charge in [-0.15, -0.1) is 0 Å². The van der Waals surface area contributed by atoms with Crippen LogP contribution >= 0.6 is 15.9 Å². The summed E-state index contributed by atoms with van der Waals surface area (Å²) in [5.41, 5.74) is 2.63. The van der Waals surface area contributed by atoms with Gasteiger partial charge >= 0.3 is 5.97 Å². The zero-order chi connectivity index (χ0) is 23.5. The first kappa shape index (κ1) is 22.6. The number of carbonyl (C=O) groups is 4. The Kier molecular flexibility index (Phi) is 6.51. The number of benzene rings is 3. The first-order valence-electron chi connectivity index (χ1n) is 10.4. The maximum Gasteiger partial charge on any atom is 0.307 e. The predicted octanol–water partition coefficient (Wildman–Crippen LogP) is 5.08. The summed E-state index contributed by atoms with van der Waals surface area (Å²) in [6, 6.07) is 21.1. The lowest BCUT2D eigenvalue weighted by Crippen LogP contribution is -2.33. The van der Waals surface area contributed by atoms with E-state index in [2.05, 4.69) is 15.9 Å². The van der Waals surface area contributed by atoms with Crippen molar-refractivity contribution >= 4 is 39.5 Å². The molecule has 33 heavy (non-hydrogen) atoms. The van der Waals surface area contributed by atoms with Crippen molar-refractivity contribution in [2.75, 3.05) is 6.54 Å². The molecular formula is C26H20BrNO5. The molecule has 0 radical (unpaired) electrons. The Balaban J connectivity index is 1.49. The Morgan fingerprint density at radius 3 is 1.94 bits per heavy atom. The Morgan fingerprint density at radius 1 is 0.818 bits per heavy atom. The number of imide groups is 1. The fourth-order valence-corrected chi connectivity index (χ4v) is 4.25. The highest BCUT2D eigenvalue weighted by Gasteiger charge is 2.36. The van der Waals surface area contributed by atoms with Crippen LogP contribution in [0.2, 0.25) is 0 Å². The maximum absolute atomic E-state index is 13.1. The summed E-state index contributed by atoms with van der Waals surface area (Å²) in [7, 11) is 0. The third-order valence-electron chi connectivity index (χ3n) is 5.74. The largest absolute Gasteiger partial charge is 0.481 e. The number of aliphatic carboxylic acids is 1. The number of carboxylic acids is 1. The zero-order valence-corrected chi connectivity index (χ0v) is 19.1. The molecule has 1 heterocycles. The van der Waals surface area contributed by atoms with E-state index in [9.17, 15) is 24.3 Å². The minimum atomic E-state index is -1.14. The lowest BCUT2D eigenvalue weighted by Gasteiger charge is -2.18. The van der Waals surface area contributed by atoms with Gasteiger partial charge in [-0.25, -0.2) is 0 Å². The fraction of sp³-hybridized carbons (Fsp3) is 0.154. The number of fused-ring (bicyclic) bond motifs is 1. The smallest absolute Gasteiger partial charge is 0.307 e. The van der Waals surface area contributed by atoms with Crippen LogP contribution < -0.4 is 0 Å². The first-order valence-corrected chi connectivity index (χ1v) is 11.2. The number of carboxylic acid groups (broad SMARTS) is 1. The standard InChI is InChI=1S/C26H20BrNO5/c27-18-11-9-16(10-12-18)19-5-1-2-6-20(19)23(29)15-17(26(32)33)13-14-28-24(30)21-7-3-4-8-22(21)25(28)31/h1-12,17H,13-15H2,(H,32,33). The van der Waals surface area contributed by atoms with Crippen molar-refractivity contribution in [2.45, 2.75) is 12.8 Å². The van der Waals surface area contributed by atoms with Crippen molar-refractivity contribution in [3.8, 4) is 11.1 Å². The van der Waals surface area contributed by atoms with Crippen molar-refractivity contribution < 1.29 is 24.3 Å². The van der Waals surface area contributed by atoms with Crippen LogP contribution in [0.25, 0.3) is 11.1 Å². The van der Waals surface area contributed by atoms with Crippen LogP contribution in [0.4, 0.5) is 0 Å². The number of amides is 2. The number of hydrogen-bond donors (Lipinski definition) is 1. The summed E-state index contributed by atoms with van der Waals surface area (Å²) in [5, 5.41) is 9.72. The van der Waals surface area contributed by atoms with Crippen molar-refractivity contribution in [1.82, 2.24) is 4.90 Å². The average Bonchev–Trinajstić information content (AvgIpc) is 3.06. The molecule has 7 heteroatoms. The molecule has 0 aromatic heterocycles. The van der Waals surface area contributed by atoms with E-state index >= 15 is 0 Å². The highest BCUT2D eigenvalue weighted by atomic mass is 79.9. The molecule has 1 unspecified atom stereocenters. The van der Waals surface area contributed by atoms with Crippen molar-refractivity contribution in [1.29, 1.82) is 0 Å². The number of hydrogen-bond acceptors (Lipinski definition) is 4. The summed E-state index contributed by atoms with van der Waals surface area (Å²) in [4.78, 5) is 51.2. The van der Waals surface area contributed by atoms with Gasteiger partial charge in [0.25, 0.3) is 11.8 Å². The number of ketones is 1. The van der Waals surface area contributed by atoms with Crippen LogP contribution in [0.3, 0.4) is 0 Å². The van der Waals surface area contributed by atoms with Gasteiger partial charge < -0.3 is 5.11 Å². The molecule has 1 aliphatic rings. The first-order chi connectivity index (χ1) is 15.9. The molecule has 2 amide bonds. The molecule has 3 aromatic carbocycles. The van der Waals surface area contributed by atoms with Crippen LogP contribution in [-0.4, -0.2) is 40.1 Å². The molecule has 6 nitrogen and oxygen atoms in total. The topological polar surface area (TPSA) is 91.8 Å². The van der Waals surface area contributed by atoms with E-state index in [0.29, 0.717) is 16.7 Å². The summed E-state index contributed by atoms with van der Waals surface area (Å²) < 4.78 is 0.911. The van der Waals surface area contributed by atoms with Crippen molar-refractivity contribution in [2.24, 2.45) is 5.92 Å². The van der Waals surface area contributed by atoms with Crippen LogP contribution in [0.15, 0.2) is 77.3 Å². The molecule has 0 spiro atoms. The molecule has 4 rings (SSSR count). The SMILES string of the molecule is O=C(CC(CCN1C(=O)c2ccccc2C1=O)C(=O)O)c1ccccc1-c1ccc(Br)cc1. The van der Waals surface area contributed by atoms with Gasteiger partial charge in [0, 0.05) is 23.0 Å². The van der Waals surface area contributed by atoms with Gasteiger partial charge in [-0.05, 0) is 41.8 Å². The third kappa shape index (κ3) is 4.64. The van der Waals surface area contributed by atoms with Crippen molar-refractivity contribution in [3.63, 3.8) is 0 Å². The van der Waals surface area contributed by atoms with Crippen LogP contribution in [0, 0.1) is 5.92 Å². The van der Waals surface area contributed by atoms with Crippen LogP contribution in [0.5, 0.6) is 0 Å². The number of halogens is 1. The second-order valence-electron chi connectivity index (χ2n) is 7.81. The second-order valence-corrected chi connectivity index (χ2v) is 8.73. The van der Waals surface area contributed by atoms with Gasteiger partial charge in [0.1, 0.15) is 0 Å². The van der Waals surface area contributed by atoms with E-state index < -0.39 is 23.7 Å². The quantitative estimate of drug-likeness (QED) is 0.340. The van der Waals surface area contributed by atoms with E-state index in [1.54, 1.807) is 36.4 Å². The lowest BCUT2D eigenvalue weighted by atomic mass is 9.91. The van der Waals surface area contributed by atoms with Crippen molar-refractivity contribution in [3.05, 3.63) is 94.0 Å². The Bertz CT molecular complexity index is 1220. The summed E-state index contributed by atoms with van der Waals surface area (Å²) in [6.07, 6.45) is -0.237. The fourth-order valence-electron chi connectivity index (χ4n) is 3.98. The Morgan fingerprint density at radius 2 is 1.36 bits per heavy atom. The third-order valence-corrected chi connectivity index (χ3v) is 6.27.